The van der Waals surface area contributed by atoms with E-state index >= 15 is 0 Å². The zero-order valence-corrected chi connectivity index (χ0v) is 18.7. The molecule has 0 atom stereocenters. The van der Waals surface area contributed by atoms with Crippen LogP contribution in [0, 0.1) is 10.1 Å². The van der Waals surface area contributed by atoms with Crippen LogP contribution in [0.2, 0.25) is 0 Å². The lowest BCUT2D eigenvalue weighted by Gasteiger charge is -2.10. The number of amides is 2. The van der Waals surface area contributed by atoms with Gasteiger partial charge in [-0.2, -0.15) is 0 Å². The predicted octanol–water partition coefficient (Wildman–Crippen LogP) is 4.60. The van der Waals surface area contributed by atoms with Crippen LogP contribution in [0.3, 0.4) is 0 Å². The Balaban J connectivity index is 1.52. The van der Waals surface area contributed by atoms with Crippen molar-refractivity contribution < 1.29 is 24.0 Å². The van der Waals surface area contributed by atoms with Crippen LogP contribution in [0.1, 0.15) is 10.4 Å². The first kappa shape index (κ1) is 23.6. The van der Waals surface area contributed by atoms with Crippen LogP contribution in [0.15, 0.2) is 71.6 Å². The smallest absolute Gasteiger partial charge is 0.269 e. The van der Waals surface area contributed by atoms with Crippen molar-refractivity contribution in [1.82, 2.24) is 0 Å². The molecule has 9 nitrogen and oxygen atoms in total. The maximum absolute atomic E-state index is 12.5. The van der Waals surface area contributed by atoms with Crippen molar-refractivity contribution in [3.05, 3.63) is 82.4 Å². The van der Waals surface area contributed by atoms with Gasteiger partial charge < -0.3 is 20.1 Å². The number of methoxy groups -OCH3 is 2. The number of benzene rings is 3. The van der Waals surface area contributed by atoms with Crippen molar-refractivity contribution in [1.29, 1.82) is 0 Å². The lowest BCUT2D eigenvalue weighted by molar-refractivity contribution is -0.384. The first-order valence-electron chi connectivity index (χ1n) is 9.70. The Labute approximate surface area is 194 Å². The van der Waals surface area contributed by atoms with E-state index < -0.39 is 4.92 Å². The van der Waals surface area contributed by atoms with Crippen molar-refractivity contribution in [2.45, 2.75) is 4.90 Å². The van der Waals surface area contributed by atoms with Crippen LogP contribution >= 0.6 is 11.8 Å². The van der Waals surface area contributed by atoms with E-state index in [1.165, 1.54) is 50.2 Å². The largest absolute Gasteiger partial charge is 0.493 e. The molecule has 3 rings (SSSR count). The van der Waals surface area contributed by atoms with Gasteiger partial charge in [-0.15, -0.1) is 11.8 Å². The normalized spacial score (nSPS) is 10.2. The molecule has 2 amide bonds. The molecule has 0 unspecified atom stereocenters. The number of hydrogen-bond acceptors (Lipinski definition) is 7. The molecule has 0 aliphatic rings. The molecule has 0 saturated carbocycles. The van der Waals surface area contributed by atoms with Gasteiger partial charge in [0.1, 0.15) is 0 Å². The molecule has 0 fully saturated rings. The maximum Gasteiger partial charge on any atom is 0.269 e. The van der Waals surface area contributed by atoms with E-state index in [2.05, 4.69) is 10.6 Å². The lowest BCUT2D eigenvalue weighted by Crippen LogP contribution is -2.14. The summed E-state index contributed by atoms with van der Waals surface area (Å²) in [5.74, 6) is 0.629. The number of nitrogens with zero attached hydrogens (tertiary/aromatic N) is 1. The molecule has 0 aliphatic heterocycles. The van der Waals surface area contributed by atoms with Gasteiger partial charge in [-0.05, 0) is 54.6 Å². The first-order chi connectivity index (χ1) is 15.9. The third kappa shape index (κ3) is 6.47. The molecule has 0 radical (unpaired) electrons. The summed E-state index contributed by atoms with van der Waals surface area (Å²) >= 11 is 1.33. The number of nitrogens with one attached hydrogen (secondary N) is 2. The molecular weight excluding hydrogens is 446 g/mol. The summed E-state index contributed by atoms with van der Waals surface area (Å²) in [5.41, 5.74) is 1.48. The Bertz CT molecular complexity index is 1150. The van der Waals surface area contributed by atoms with Gasteiger partial charge in [0.25, 0.3) is 11.6 Å². The molecule has 0 bridgehead atoms. The molecule has 0 aliphatic carbocycles. The molecule has 0 heterocycles. The highest BCUT2D eigenvalue weighted by Crippen LogP contribution is 2.28. The van der Waals surface area contributed by atoms with Gasteiger partial charge in [0, 0.05) is 34.0 Å². The van der Waals surface area contributed by atoms with Gasteiger partial charge in [-0.3, -0.25) is 19.7 Å². The second-order valence-corrected chi connectivity index (χ2v) is 7.74. The van der Waals surface area contributed by atoms with Crippen molar-refractivity contribution in [2.75, 3.05) is 30.6 Å². The maximum atomic E-state index is 12.5. The van der Waals surface area contributed by atoms with E-state index in [-0.39, 0.29) is 23.3 Å². The highest BCUT2D eigenvalue weighted by Gasteiger charge is 2.11. The van der Waals surface area contributed by atoms with Crippen LogP contribution in [0.5, 0.6) is 11.5 Å². The number of hydrogen-bond donors (Lipinski definition) is 2. The minimum atomic E-state index is -0.499. The number of carbonyl (C=O) groups excluding carboxylic acids is 2. The number of anilines is 2. The van der Waals surface area contributed by atoms with Gasteiger partial charge in [-0.1, -0.05) is 0 Å². The Morgan fingerprint density at radius 2 is 1.48 bits per heavy atom. The second kappa shape index (κ2) is 11.0. The fourth-order valence-electron chi connectivity index (χ4n) is 2.83. The zero-order valence-electron chi connectivity index (χ0n) is 17.9. The van der Waals surface area contributed by atoms with E-state index in [9.17, 15) is 19.7 Å². The summed E-state index contributed by atoms with van der Waals surface area (Å²) in [6, 6.07) is 17.6. The van der Waals surface area contributed by atoms with Gasteiger partial charge in [0.2, 0.25) is 5.91 Å². The van der Waals surface area contributed by atoms with E-state index in [0.717, 1.165) is 4.90 Å². The molecule has 33 heavy (non-hydrogen) atoms. The van der Waals surface area contributed by atoms with Crippen LogP contribution in [0.4, 0.5) is 17.1 Å². The molecule has 0 saturated heterocycles. The van der Waals surface area contributed by atoms with Crippen LogP contribution in [-0.4, -0.2) is 36.7 Å². The van der Waals surface area contributed by atoms with E-state index in [0.29, 0.717) is 28.4 Å². The third-order valence-corrected chi connectivity index (χ3v) is 5.50. The first-order valence-corrected chi connectivity index (χ1v) is 10.7. The Kier molecular flexibility index (Phi) is 7.87. The van der Waals surface area contributed by atoms with E-state index in [4.69, 9.17) is 9.47 Å². The minimum absolute atomic E-state index is 0.0410. The summed E-state index contributed by atoms with van der Waals surface area (Å²) in [6.45, 7) is 0. The summed E-state index contributed by atoms with van der Waals surface area (Å²) in [5, 5.41) is 16.2. The highest BCUT2D eigenvalue weighted by molar-refractivity contribution is 8.00. The number of nitro groups is 1. The SMILES string of the molecule is COc1ccc(C(=O)Nc2ccc(SCC(=O)Nc3ccc([N+](=O)[O-])cc3)cc2)cc1OC. The van der Waals surface area contributed by atoms with Crippen LogP contribution in [-0.2, 0) is 4.79 Å². The number of thioether (sulfide) groups is 1. The molecule has 170 valence electrons. The average molecular weight is 468 g/mol. The minimum Gasteiger partial charge on any atom is -0.493 e. The van der Waals surface area contributed by atoms with E-state index in [1.54, 1.807) is 42.5 Å². The number of carbonyl (C=O) groups is 2. The molecule has 0 spiro atoms. The van der Waals surface area contributed by atoms with Crippen molar-refractivity contribution in [2.24, 2.45) is 0 Å². The summed E-state index contributed by atoms with van der Waals surface area (Å²) < 4.78 is 10.4. The number of non-ortho nitro benzene ring substituents is 1. The van der Waals surface area contributed by atoms with Gasteiger partial charge in [0.05, 0.1) is 24.9 Å². The number of nitro benzene ring substituents is 1. The molecule has 3 aromatic carbocycles. The zero-order chi connectivity index (χ0) is 23.8. The summed E-state index contributed by atoms with van der Waals surface area (Å²) in [7, 11) is 3.03. The standard InChI is InChI=1S/C23H21N3O6S/c1-31-20-12-3-15(13-21(20)32-2)23(28)25-17-6-10-19(11-7-17)33-14-22(27)24-16-4-8-18(9-5-16)26(29)30/h3-13H,14H2,1-2H3,(H,24,27)(H,25,28). The monoisotopic (exact) mass is 467 g/mol. The molecule has 2 N–H and O–H groups in total. The van der Waals surface area contributed by atoms with Crippen molar-refractivity contribution in [3.63, 3.8) is 0 Å². The molecule has 0 aromatic heterocycles. The number of rotatable bonds is 9. The quantitative estimate of drug-likeness (QED) is 0.268. The van der Waals surface area contributed by atoms with E-state index in [1.807, 2.05) is 0 Å². The Hall–Kier alpha value is -4.05. The molecular formula is C23H21N3O6S. The van der Waals surface area contributed by atoms with Crippen molar-refractivity contribution in [3.8, 4) is 11.5 Å². The Morgan fingerprint density at radius 1 is 0.879 bits per heavy atom. The van der Waals surface area contributed by atoms with Gasteiger partial charge in [-0.25, -0.2) is 0 Å². The van der Waals surface area contributed by atoms with Crippen LogP contribution < -0.4 is 20.1 Å². The molecule has 3 aromatic rings. The van der Waals surface area contributed by atoms with Crippen LogP contribution in [0.25, 0.3) is 0 Å². The number of ether oxygens (including phenoxy) is 2. The summed E-state index contributed by atoms with van der Waals surface area (Å²) in [4.78, 5) is 35.7. The topological polar surface area (TPSA) is 120 Å². The second-order valence-electron chi connectivity index (χ2n) is 6.69. The predicted molar refractivity (Wildman–Crippen MR) is 126 cm³/mol. The van der Waals surface area contributed by atoms with Gasteiger partial charge >= 0.3 is 0 Å². The van der Waals surface area contributed by atoms with Crippen molar-refractivity contribution >= 4 is 40.6 Å². The summed E-state index contributed by atoms with van der Waals surface area (Å²) in [6.07, 6.45) is 0. The van der Waals surface area contributed by atoms with Gasteiger partial charge in [0.15, 0.2) is 11.5 Å². The average Bonchev–Trinajstić information content (AvgIpc) is 2.83. The molecule has 10 heteroatoms. The Morgan fingerprint density at radius 3 is 2.09 bits per heavy atom. The third-order valence-electron chi connectivity index (χ3n) is 4.49. The lowest BCUT2D eigenvalue weighted by atomic mass is 10.2. The fourth-order valence-corrected chi connectivity index (χ4v) is 3.53. The highest BCUT2D eigenvalue weighted by atomic mass is 32.2. The fraction of sp³-hybridized carbons (Fsp3) is 0.130.